The van der Waals surface area contributed by atoms with E-state index in [-0.39, 0.29) is 18.3 Å². The van der Waals surface area contributed by atoms with Crippen LogP contribution in [-0.4, -0.2) is 17.7 Å². The molecule has 6 heteroatoms. The van der Waals surface area contributed by atoms with Crippen molar-refractivity contribution in [3.8, 4) is 11.1 Å². The molecule has 1 amide bonds. The third kappa shape index (κ3) is 5.15. The Morgan fingerprint density at radius 2 is 1.42 bits per heavy atom. The first-order chi connectivity index (χ1) is 18.5. The minimum absolute atomic E-state index is 0.0459. The number of hydrogen-bond acceptors (Lipinski definition) is 4. The van der Waals surface area contributed by atoms with E-state index in [4.69, 9.17) is 15.9 Å². The van der Waals surface area contributed by atoms with Gasteiger partial charge in [0.05, 0.1) is 5.56 Å². The highest BCUT2D eigenvalue weighted by molar-refractivity contribution is 6.16. The fraction of sp³-hybridized carbons (Fsp3) is 0.0312. The van der Waals surface area contributed by atoms with Gasteiger partial charge in [0, 0.05) is 22.4 Å². The maximum absolute atomic E-state index is 13.6. The highest BCUT2D eigenvalue weighted by atomic mass is 16.5. The van der Waals surface area contributed by atoms with Gasteiger partial charge in [0.15, 0.2) is 0 Å². The number of ether oxygens (including phenoxy) is 1. The van der Waals surface area contributed by atoms with Gasteiger partial charge in [-0.15, -0.1) is 0 Å². The summed E-state index contributed by atoms with van der Waals surface area (Å²) in [6.07, 6.45) is 0. The Bertz CT molecular complexity index is 1640. The largest absolute Gasteiger partial charge is 0.457 e. The lowest BCUT2D eigenvalue weighted by Crippen LogP contribution is -2.15. The van der Waals surface area contributed by atoms with E-state index in [2.05, 4.69) is 5.32 Å². The number of hydrogen-bond donors (Lipinski definition) is 3. The molecule has 5 aromatic carbocycles. The first-order valence-electron chi connectivity index (χ1n) is 12.1. The number of esters is 1. The molecule has 0 aliphatic heterocycles. The number of nitrogens with two attached hydrogens (primary N) is 1. The van der Waals surface area contributed by atoms with Gasteiger partial charge >= 0.3 is 5.97 Å². The average molecular weight is 500 g/mol. The SMILES string of the molecule is N=C(N)c1ccc(NC(=O)c2ccc3ccccc3c2-c2ccccc2C(=O)OCc2ccccc2)cc1. The lowest BCUT2D eigenvalue weighted by molar-refractivity contribution is 0.0473. The van der Waals surface area contributed by atoms with Gasteiger partial charge in [0.1, 0.15) is 12.4 Å². The van der Waals surface area contributed by atoms with E-state index in [1.165, 1.54) is 0 Å². The molecule has 0 fully saturated rings. The number of fused-ring (bicyclic) bond motifs is 1. The summed E-state index contributed by atoms with van der Waals surface area (Å²) in [5.74, 6) is -0.840. The highest BCUT2D eigenvalue weighted by Gasteiger charge is 2.21. The van der Waals surface area contributed by atoms with Gasteiger partial charge in [-0.3, -0.25) is 10.2 Å². The molecule has 0 spiro atoms. The Hall–Kier alpha value is -5.23. The van der Waals surface area contributed by atoms with E-state index in [0.717, 1.165) is 16.3 Å². The fourth-order valence-corrected chi connectivity index (χ4v) is 4.36. The number of nitrogens with one attached hydrogen (secondary N) is 2. The molecular formula is C32H25N3O3. The van der Waals surface area contributed by atoms with Crippen LogP contribution >= 0.6 is 0 Å². The van der Waals surface area contributed by atoms with Crippen molar-refractivity contribution in [3.05, 3.63) is 138 Å². The van der Waals surface area contributed by atoms with Crippen LogP contribution in [0.3, 0.4) is 0 Å². The number of carbonyl (C=O) groups is 2. The van der Waals surface area contributed by atoms with Crippen LogP contribution in [0.1, 0.15) is 31.8 Å². The van der Waals surface area contributed by atoms with E-state index in [1.807, 2.05) is 72.8 Å². The summed E-state index contributed by atoms with van der Waals surface area (Å²) in [7, 11) is 0. The zero-order chi connectivity index (χ0) is 26.5. The van der Waals surface area contributed by atoms with Crippen LogP contribution < -0.4 is 11.1 Å². The lowest BCUT2D eigenvalue weighted by atomic mass is 9.90. The second-order valence-corrected chi connectivity index (χ2v) is 8.76. The molecule has 5 rings (SSSR count). The molecule has 0 aromatic heterocycles. The van der Waals surface area contributed by atoms with Crippen LogP contribution in [-0.2, 0) is 11.3 Å². The predicted octanol–water partition coefficient (Wildman–Crippen LogP) is 6.40. The van der Waals surface area contributed by atoms with Gasteiger partial charge in [0.2, 0.25) is 0 Å². The standard InChI is InChI=1S/C32H25N3O3/c33-30(34)23-14-17-24(18-15-23)35-31(36)28-19-16-22-10-4-5-11-25(22)29(28)26-12-6-7-13-27(26)32(37)38-20-21-8-2-1-3-9-21/h1-19H,20H2,(H3,33,34)(H,35,36). The molecule has 0 unspecified atom stereocenters. The number of carbonyl (C=O) groups excluding carboxylic acids is 2. The second-order valence-electron chi connectivity index (χ2n) is 8.76. The van der Waals surface area contributed by atoms with Crippen LogP contribution in [0.2, 0.25) is 0 Å². The first kappa shape index (κ1) is 24.5. The van der Waals surface area contributed by atoms with Gasteiger partial charge < -0.3 is 15.8 Å². The molecule has 0 saturated carbocycles. The molecule has 0 heterocycles. The zero-order valence-electron chi connectivity index (χ0n) is 20.5. The third-order valence-electron chi connectivity index (χ3n) is 6.26. The summed E-state index contributed by atoms with van der Waals surface area (Å²) >= 11 is 0. The van der Waals surface area contributed by atoms with Crippen LogP contribution in [0.15, 0.2) is 115 Å². The predicted molar refractivity (Wildman–Crippen MR) is 150 cm³/mol. The van der Waals surface area contributed by atoms with Crippen molar-refractivity contribution in [2.45, 2.75) is 6.61 Å². The number of amides is 1. The van der Waals surface area contributed by atoms with Crippen molar-refractivity contribution >= 4 is 34.2 Å². The molecule has 0 radical (unpaired) electrons. The number of benzene rings is 5. The molecule has 0 atom stereocenters. The molecule has 6 nitrogen and oxygen atoms in total. The maximum atomic E-state index is 13.6. The summed E-state index contributed by atoms with van der Waals surface area (Å²) in [5.41, 5.74) is 9.62. The zero-order valence-corrected chi connectivity index (χ0v) is 20.5. The highest BCUT2D eigenvalue weighted by Crippen LogP contribution is 2.35. The van der Waals surface area contributed by atoms with Crippen molar-refractivity contribution in [1.82, 2.24) is 0 Å². The van der Waals surface area contributed by atoms with E-state index in [1.54, 1.807) is 42.5 Å². The minimum atomic E-state index is -0.469. The van der Waals surface area contributed by atoms with E-state index in [0.29, 0.717) is 33.5 Å². The van der Waals surface area contributed by atoms with Crippen LogP contribution in [0.4, 0.5) is 5.69 Å². The third-order valence-corrected chi connectivity index (χ3v) is 6.26. The van der Waals surface area contributed by atoms with E-state index < -0.39 is 5.97 Å². The molecule has 186 valence electrons. The summed E-state index contributed by atoms with van der Waals surface area (Å²) in [6, 6.07) is 34.8. The maximum Gasteiger partial charge on any atom is 0.339 e. The Labute approximate surface area is 220 Å². The van der Waals surface area contributed by atoms with Crippen molar-refractivity contribution in [2.75, 3.05) is 5.32 Å². The molecule has 4 N–H and O–H groups in total. The molecule has 0 bridgehead atoms. The molecule has 0 aliphatic rings. The molecule has 5 aromatic rings. The van der Waals surface area contributed by atoms with Crippen molar-refractivity contribution < 1.29 is 14.3 Å². The molecular weight excluding hydrogens is 474 g/mol. The van der Waals surface area contributed by atoms with Gasteiger partial charge in [-0.25, -0.2) is 4.79 Å². The first-order valence-corrected chi connectivity index (χ1v) is 12.1. The Morgan fingerprint density at radius 3 is 2.18 bits per heavy atom. The number of anilines is 1. The summed E-state index contributed by atoms with van der Waals surface area (Å²) < 4.78 is 5.65. The molecule has 0 saturated heterocycles. The number of rotatable bonds is 7. The summed E-state index contributed by atoms with van der Waals surface area (Å²) in [6.45, 7) is 0.146. The normalized spacial score (nSPS) is 10.6. The van der Waals surface area contributed by atoms with Gasteiger partial charge in [-0.05, 0) is 58.3 Å². The van der Waals surface area contributed by atoms with E-state index in [9.17, 15) is 9.59 Å². The quantitative estimate of drug-likeness (QED) is 0.137. The average Bonchev–Trinajstić information content (AvgIpc) is 2.96. The smallest absolute Gasteiger partial charge is 0.339 e. The summed E-state index contributed by atoms with van der Waals surface area (Å²) in [5, 5.41) is 12.3. The van der Waals surface area contributed by atoms with Crippen LogP contribution in [0.25, 0.3) is 21.9 Å². The Balaban J connectivity index is 1.54. The second kappa shape index (κ2) is 10.8. The van der Waals surface area contributed by atoms with Crippen molar-refractivity contribution in [2.24, 2.45) is 5.73 Å². The number of nitrogen functional groups attached to an aromatic ring is 1. The lowest BCUT2D eigenvalue weighted by Gasteiger charge is -2.17. The fourth-order valence-electron chi connectivity index (χ4n) is 4.36. The van der Waals surface area contributed by atoms with Gasteiger partial charge in [-0.2, -0.15) is 0 Å². The Kier molecular flexibility index (Phi) is 6.95. The number of amidine groups is 1. The van der Waals surface area contributed by atoms with E-state index >= 15 is 0 Å². The topological polar surface area (TPSA) is 105 Å². The van der Waals surface area contributed by atoms with Crippen LogP contribution in [0.5, 0.6) is 0 Å². The Morgan fingerprint density at radius 1 is 0.737 bits per heavy atom. The van der Waals surface area contributed by atoms with Gasteiger partial charge in [0.25, 0.3) is 5.91 Å². The van der Waals surface area contributed by atoms with Crippen molar-refractivity contribution in [1.29, 1.82) is 5.41 Å². The van der Waals surface area contributed by atoms with Crippen molar-refractivity contribution in [3.63, 3.8) is 0 Å². The molecule has 0 aliphatic carbocycles. The van der Waals surface area contributed by atoms with Crippen LogP contribution in [0, 0.1) is 5.41 Å². The summed E-state index contributed by atoms with van der Waals surface area (Å²) in [4.78, 5) is 26.8. The van der Waals surface area contributed by atoms with Gasteiger partial charge in [-0.1, -0.05) is 78.9 Å². The molecule has 38 heavy (non-hydrogen) atoms. The minimum Gasteiger partial charge on any atom is -0.457 e. The monoisotopic (exact) mass is 499 g/mol.